The predicted octanol–water partition coefficient (Wildman–Crippen LogP) is 3.45. The molecule has 9 heteroatoms. The molecule has 3 heterocycles. The van der Waals surface area contributed by atoms with Gasteiger partial charge >= 0.3 is 0 Å². The first-order valence-electron chi connectivity index (χ1n) is 7.05. The van der Waals surface area contributed by atoms with Crippen molar-refractivity contribution in [1.29, 1.82) is 0 Å². The number of nitrogens with one attached hydrogen (secondary N) is 2. The van der Waals surface area contributed by atoms with Crippen LogP contribution in [0.2, 0.25) is 0 Å². The number of aryl methyl sites for hydroxylation is 1. The van der Waals surface area contributed by atoms with Crippen LogP contribution in [0, 0.1) is 6.92 Å². The molecule has 2 N–H and O–H groups in total. The molecule has 0 saturated heterocycles. The van der Waals surface area contributed by atoms with Crippen molar-refractivity contribution in [1.82, 2.24) is 15.0 Å². The van der Waals surface area contributed by atoms with E-state index >= 15 is 0 Å². The van der Waals surface area contributed by atoms with E-state index in [1.165, 1.54) is 22.7 Å². The Morgan fingerprint density at radius 2 is 2.25 bits per heavy atom. The second-order valence-electron chi connectivity index (χ2n) is 4.81. The summed E-state index contributed by atoms with van der Waals surface area (Å²) in [6.07, 6.45) is 3.38. The van der Waals surface area contributed by atoms with Crippen LogP contribution in [0.15, 0.2) is 29.9 Å². The Hall–Kier alpha value is -2.36. The molecule has 0 aliphatic carbocycles. The molecule has 0 aliphatic heterocycles. The van der Waals surface area contributed by atoms with Crippen LogP contribution < -0.4 is 10.6 Å². The van der Waals surface area contributed by atoms with Gasteiger partial charge in [-0.25, -0.2) is 9.97 Å². The number of hydrogen-bond acceptors (Lipinski definition) is 8. The van der Waals surface area contributed by atoms with Crippen LogP contribution in [0.3, 0.4) is 0 Å². The molecule has 0 aliphatic rings. The van der Waals surface area contributed by atoms with Gasteiger partial charge in [0, 0.05) is 18.7 Å². The number of thiazole rings is 2. The van der Waals surface area contributed by atoms with Gasteiger partial charge in [-0.2, -0.15) is 0 Å². The second-order valence-corrected chi connectivity index (χ2v) is 6.87. The number of carbonyl (C=O) groups excluding carboxylic acids is 1. The fourth-order valence-corrected chi connectivity index (χ4v) is 3.49. The SMILES string of the molecule is COCc1csc(NC(=O)c2nc(C)sc2Nc2cccnc2)n1. The van der Waals surface area contributed by atoms with Gasteiger partial charge in [-0.1, -0.05) is 0 Å². The molecule has 3 aromatic heterocycles. The lowest BCUT2D eigenvalue weighted by Crippen LogP contribution is -2.14. The fourth-order valence-electron chi connectivity index (χ4n) is 1.97. The standard InChI is InChI=1S/C15H15N5O2S2/c1-9-17-12(14(24-9)18-10-4-3-5-16-6-10)13(21)20-15-19-11(7-22-2)8-23-15/h3-6,8,18H,7H2,1-2H3,(H,19,20,21). The van der Waals surface area contributed by atoms with Gasteiger partial charge in [-0.05, 0) is 19.1 Å². The molecule has 0 unspecified atom stereocenters. The zero-order valence-corrected chi connectivity index (χ0v) is 14.7. The highest BCUT2D eigenvalue weighted by Gasteiger charge is 2.18. The van der Waals surface area contributed by atoms with Crippen LogP contribution in [0.5, 0.6) is 0 Å². The number of amides is 1. The van der Waals surface area contributed by atoms with E-state index in [0.29, 0.717) is 22.4 Å². The number of rotatable bonds is 6. The Kier molecular flexibility index (Phi) is 5.14. The van der Waals surface area contributed by atoms with Crippen LogP contribution in [0.25, 0.3) is 0 Å². The first-order chi connectivity index (χ1) is 11.7. The van der Waals surface area contributed by atoms with Gasteiger partial charge in [-0.15, -0.1) is 22.7 Å². The van der Waals surface area contributed by atoms with Gasteiger partial charge in [0.05, 0.1) is 29.2 Å². The number of nitrogens with zero attached hydrogens (tertiary/aromatic N) is 3. The third kappa shape index (κ3) is 3.94. The van der Waals surface area contributed by atoms with E-state index in [4.69, 9.17) is 4.74 Å². The van der Waals surface area contributed by atoms with Crippen molar-refractivity contribution in [3.63, 3.8) is 0 Å². The molecule has 0 saturated carbocycles. The average molecular weight is 361 g/mol. The molecule has 0 radical (unpaired) electrons. The van der Waals surface area contributed by atoms with Crippen LogP contribution in [-0.2, 0) is 11.3 Å². The maximum Gasteiger partial charge on any atom is 0.279 e. The number of carbonyl (C=O) groups is 1. The van der Waals surface area contributed by atoms with Gasteiger partial charge in [-0.3, -0.25) is 15.1 Å². The summed E-state index contributed by atoms with van der Waals surface area (Å²) in [7, 11) is 1.60. The monoisotopic (exact) mass is 361 g/mol. The normalized spacial score (nSPS) is 10.6. The summed E-state index contributed by atoms with van der Waals surface area (Å²) in [5.74, 6) is -0.302. The summed E-state index contributed by atoms with van der Waals surface area (Å²) < 4.78 is 5.02. The Balaban J connectivity index is 1.76. The minimum atomic E-state index is -0.302. The number of aromatic nitrogens is 3. The average Bonchev–Trinajstić information content (AvgIpc) is 3.15. The van der Waals surface area contributed by atoms with E-state index in [0.717, 1.165) is 16.4 Å². The van der Waals surface area contributed by atoms with Crippen LogP contribution in [0.4, 0.5) is 15.8 Å². The molecule has 0 atom stereocenters. The van der Waals surface area contributed by atoms with E-state index in [-0.39, 0.29) is 5.91 Å². The van der Waals surface area contributed by atoms with Gasteiger partial charge in [0.15, 0.2) is 10.8 Å². The van der Waals surface area contributed by atoms with Crippen molar-refractivity contribution in [3.8, 4) is 0 Å². The highest BCUT2D eigenvalue weighted by atomic mass is 32.1. The molecular weight excluding hydrogens is 346 g/mol. The number of pyridine rings is 1. The van der Waals surface area contributed by atoms with Crippen LogP contribution in [-0.4, -0.2) is 28.0 Å². The zero-order chi connectivity index (χ0) is 16.9. The molecule has 0 spiro atoms. The van der Waals surface area contributed by atoms with Crippen molar-refractivity contribution in [2.45, 2.75) is 13.5 Å². The minimum absolute atomic E-state index is 0.302. The summed E-state index contributed by atoms with van der Waals surface area (Å²) in [6.45, 7) is 2.27. The van der Waals surface area contributed by atoms with Gasteiger partial charge < -0.3 is 10.1 Å². The molecule has 3 rings (SSSR count). The number of anilines is 3. The first kappa shape index (κ1) is 16.5. The Morgan fingerprint density at radius 1 is 1.38 bits per heavy atom. The Labute approximate surface area is 146 Å². The summed E-state index contributed by atoms with van der Waals surface area (Å²) in [5, 5.41) is 9.80. The highest BCUT2D eigenvalue weighted by Crippen LogP contribution is 2.28. The van der Waals surface area contributed by atoms with Gasteiger partial charge in [0.25, 0.3) is 5.91 Å². The topological polar surface area (TPSA) is 89.0 Å². The smallest absolute Gasteiger partial charge is 0.279 e. The van der Waals surface area contributed by atoms with Crippen LogP contribution in [0.1, 0.15) is 21.2 Å². The molecule has 7 nitrogen and oxygen atoms in total. The van der Waals surface area contributed by atoms with E-state index < -0.39 is 0 Å². The molecule has 3 aromatic rings. The van der Waals surface area contributed by atoms with Crippen molar-refractivity contribution in [2.75, 3.05) is 17.7 Å². The lowest BCUT2D eigenvalue weighted by atomic mass is 10.4. The van der Waals surface area contributed by atoms with E-state index in [9.17, 15) is 4.79 Å². The van der Waals surface area contributed by atoms with Crippen LogP contribution >= 0.6 is 22.7 Å². The molecule has 0 aromatic carbocycles. The van der Waals surface area contributed by atoms with E-state index in [1.807, 2.05) is 24.4 Å². The van der Waals surface area contributed by atoms with Crippen molar-refractivity contribution < 1.29 is 9.53 Å². The molecule has 1 amide bonds. The first-order valence-corrected chi connectivity index (χ1v) is 8.74. The molecule has 124 valence electrons. The molecular formula is C15H15N5O2S2. The summed E-state index contributed by atoms with van der Waals surface area (Å²) in [6, 6.07) is 3.70. The van der Waals surface area contributed by atoms with E-state index in [2.05, 4.69) is 25.6 Å². The Bertz CT molecular complexity index is 832. The lowest BCUT2D eigenvalue weighted by Gasteiger charge is -2.05. The quantitative estimate of drug-likeness (QED) is 0.699. The van der Waals surface area contributed by atoms with Gasteiger partial charge in [0.2, 0.25) is 0 Å². The third-order valence-corrected chi connectivity index (χ3v) is 4.63. The second kappa shape index (κ2) is 7.47. The van der Waals surface area contributed by atoms with E-state index in [1.54, 1.807) is 19.5 Å². The van der Waals surface area contributed by atoms with Crippen molar-refractivity contribution >= 4 is 44.4 Å². The number of hydrogen-bond donors (Lipinski definition) is 2. The third-order valence-electron chi connectivity index (χ3n) is 2.93. The molecule has 0 bridgehead atoms. The number of methoxy groups -OCH3 is 1. The largest absolute Gasteiger partial charge is 0.378 e. The fraction of sp³-hybridized carbons (Fsp3) is 0.200. The summed E-state index contributed by atoms with van der Waals surface area (Å²) in [4.78, 5) is 25.2. The zero-order valence-electron chi connectivity index (χ0n) is 13.1. The van der Waals surface area contributed by atoms with Crippen molar-refractivity contribution in [3.05, 3.63) is 46.3 Å². The lowest BCUT2D eigenvalue weighted by molar-refractivity contribution is 0.102. The summed E-state index contributed by atoms with van der Waals surface area (Å²) >= 11 is 2.76. The minimum Gasteiger partial charge on any atom is -0.378 e. The number of ether oxygens (including phenoxy) is 1. The maximum absolute atomic E-state index is 12.5. The predicted molar refractivity (Wildman–Crippen MR) is 95.2 cm³/mol. The van der Waals surface area contributed by atoms with Gasteiger partial charge in [0.1, 0.15) is 5.00 Å². The van der Waals surface area contributed by atoms with Crippen molar-refractivity contribution in [2.24, 2.45) is 0 Å². The summed E-state index contributed by atoms with van der Waals surface area (Å²) in [5.41, 5.74) is 1.91. The molecule has 24 heavy (non-hydrogen) atoms. The molecule has 0 fully saturated rings. The highest BCUT2D eigenvalue weighted by molar-refractivity contribution is 7.16. The maximum atomic E-state index is 12.5. The Morgan fingerprint density at radius 3 is 3.00 bits per heavy atom.